The molecule has 13 heteroatoms. The molecule has 0 spiro atoms. The molecule has 0 saturated carbocycles. The summed E-state index contributed by atoms with van der Waals surface area (Å²) in [6, 6.07) is 1.94. The molecular formula is C23H20F6N4O3. The molecule has 7 nitrogen and oxygen atoms in total. The zero-order valence-corrected chi connectivity index (χ0v) is 18.7. The Morgan fingerprint density at radius 1 is 1.14 bits per heavy atom. The number of hydrogen-bond donors (Lipinski definition) is 4. The Bertz CT molecular complexity index is 1360. The largest absolute Gasteiger partial charge is 0.505 e. The maximum absolute atomic E-state index is 14.3. The lowest BCUT2D eigenvalue weighted by Gasteiger charge is -2.49. The second kappa shape index (κ2) is 8.43. The van der Waals surface area contributed by atoms with Crippen molar-refractivity contribution in [2.45, 2.75) is 37.6 Å². The highest BCUT2D eigenvalue weighted by Crippen LogP contribution is 2.56. The predicted octanol–water partition coefficient (Wildman–Crippen LogP) is 4.10. The first-order valence-corrected chi connectivity index (χ1v) is 10.6. The minimum absolute atomic E-state index is 0.196. The van der Waals surface area contributed by atoms with E-state index in [2.05, 4.69) is 10.4 Å². The van der Waals surface area contributed by atoms with E-state index in [9.17, 15) is 41.4 Å². The van der Waals surface area contributed by atoms with Gasteiger partial charge in [-0.1, -0.05) is 19.9 Å². The van der Waals surface area contributed by atoms with Gasteiger partial charge in [0.2, 0.25) is 0 Å². The van der Waals surface area contributed by atoms with Gasteiger partial charge in [-0.05, 0) is 29.7 Å². The molecule has 192 valence electrons. The molecule has 36 heavy (non-hydrogen) atoms. The molecule has 4 atom stereocenters. The van der Waals surface area contributed by atoms with Gasteiger partial charge in [-0.2, -0.15) is 18.3 Å². The number of aliphatic hydroxyl groups is 1. The van der Waals surface area contributed by atoms with Crippen LogP contribution in [-0.2, 0) is 0 Å². The minimum atomic E-state index is -5.26. The fourth-order valence-electron chi connectivity index (χ4n) is 4.65. The van der Waals surface area contributed by atoms with E-state index in [4.69, 9.17) is 5.73 Å². The van der Waals surface area contributed by atoms with Crippen LogP contribution in [0.2, 0.25) is 0 Å². The summed E-state index contributed by atoms with van der Waals surface area (Å²) < 4.78 is 85.0. The maximum Gasteiger partial charge on any atom is 0.419 e. The van der Waals surface area contributed by atoms with Crippen molar-refractivity contribution in [1.82, 2.24) is 15.1 Å². The molecule has 4 rings (SSSR count). The van der Waals surface area contributed by atoms with Gasteiger partial charge in [-0.25, -0.2) is 17.9 Å². The van der Waals surface area contributed by atoms with Crippen molar-refractivity contribution in [3.63, 3.8) is 0 Å². The summed E-state index contributed by atoms with van der Waals surface area (Å²) in [7, 11) is 0. The number of hydrogen-bond acceptors (Lipinski definition) is 5. The van der Waals surface area contributed by atoms with Crippen molar-refractivity contribution in [2.24, 2.45) is 5.92 Å². The number of nitrogens with one attached hydrogen (secondary N) is 1. The van der Waals surface area contributed by atoms with Gasteiger partial charge >= 0.3 is 6.18 Å². The summed E-state index contributed by atoms with van der Waals surface area (Å²) in [5, 5.41) is 27.1. The van der Waals surface area contributed by atoms with Crippen LogP contribution in [0.3, 0.4) is 0 Å². The van der Waals surface area contributed by atoms with Crippen LogP contribution < -0.4 is 11.1 Å². The first-order chi connectivity index (χ1) is 16.7. The van der Waals surface area contributed by atoms with E-state index < -0.39 is 70.1 Å². The smallest absolute Gasteiger partial charge is 0.419 e. The van der Waals surface area contributed by atoms with E-state index in [0.717, 1.165) is 42.1 Å². The summed E-state index contributed by atoms with van der Waals surface area (Å²) in [5.74, 6) is -8.40. The molecule has 5 N–H and O–H groups in total. The maximum atomic E-state index is 14.3. The number of nitrogens with two attached hydrogens (primary N) is 1. The van der Waals surface area contributed by atoms with Crippen molar-refractivity contribution in [2.75, 3.05) is 5.73 Å². The van der Waals surface area contributed by atoms with Crippen molar-refractivity contribution >= 4 is 11.7 Å². The van der Waals surface area contributed by atoms with Gasteiger partial charge < -0.3 is 21.3 Å². The number of fused-ring (bicyclic) bond motifs is 1. The number of alkyl halides is 3. The molecule has 2 aromatic carbocycles. The van der Waals surface area contributed by atoms with Gasteiger partial charge in [-0.15, -0.1) is 0 Å². The Balaban J connectivity index is 1.80. The van der Waals surface area contributed by atoms with Gasteiger partial charge in [0.05, 0.1) is 12.2 Å². The third-order valence-electron chi connectivity index (χ3n) is 6.77. The van der Waals surface area contributed by atoms with E-state index in [1.165, 1.54) is 6.92 Å². The van der Waals surface area contributed by atoms with E-state index in [0.29, 0.717) is 6.07 Å². The highest BCUT2D eigenvalue weighted by molar-refractivity contribution is 5.99. The number of halogens is 6. The summed E-state index contributed by atoms with van der Waals surface area (Å²) in [6.07, 6.45) is -4.40. The summed E-state index contributed by atoms with van der Waals surface area (Å²) in [6.45, 7) is 2.35. The third-order valence-corrected chi connectivity index (χ3v) is 6.77. The van der Waals surface area contributed by atoms with Gasteiger partial charge in [0.25, 0.3) is 5.91 Å². The standard InChI is InChI=1S/C23H20F6N4O3/c1-9-10(2)22(36,23(27,28)29)19(12-4-5-14(25)18(34)17(9)12)32-21(35)13-8-31-33(20(13)30)16-6-3-11(24)7-15(16)26/h3-10,19,34,36H,30H2,1-2H3,(H,32,35). The van der Waals surface area contributed by atoms with Crippen LogP contribution in [0.1, 0.15) is 47.3 Å². The molecule has 4 unspecified atom stereocenters. The van der Waals surface area contributed by atoms with Crippen LogP contribution in [0, 0.1) is 23.4 Å². The van der Waals surface area contributed by atoms with Crippen LogP contribution in [0.25, 0.3) is 5.69 Å². The lowest BCUT2D eigenvalue weighted by molar-refractivity contribution is -0.293. The molecule has 0 radical (unpaired) electrons. The summed E-state index contributed by atoms with van der Waals surface area (Å²) >= 11 is 0. The van der Waals surface area contributed by atoms with Crippen molar-refractivity contribution in [3.8, 4) is 11.4 Å². The van der Waals surface area contributed by atoms with Gasteiger partial charge in [0.15, 0.2) is 23.0 Å². The van der Waals surface area contributed by atoms with Crippen LogP contribution >= 0.6 is 0 Å². The quantitative estimate of drug-likeness (QED) is 0.393. The number of aromatic hydroxyl groups is 1. The fraction of sp³-hybridized carbons (Fsp3) is 0.304. The lowest BCUT2D eigenvalue weighted by atomic mass is 9.64. The summed E-state index contributed by atoms with van der Waals surface area (Å²) in [4.78, 5) is 13.1. The van der Waals surface area contributed by atoms with Crippen LogP contribution in [0.15, 0.2) is 36.5 Å². The monoisotopic (exact) mass is 514 g/mol. The zero-order chi connectivity index (χ0) is 26.7. The molecular weight excluding hydrogens is 494 g/mol. The number of carbonyl (C=O) groups excluding carboxylic acids is 1. The lowest BCUT2D eigenvalue weighted by Crippen LogP contribution is -2.62. The number of phenolic OH excluding ortho intramolecular Hbond substituents is 1. The van der Waals surface area contributed by atoms with E-state index in [-0.39, 0.29) is 16.8 Å². The molecule has 0 fully saturated rings. The highest BCUT2D eigenvalue weighted by Gasteiger charge is 2.66. The highest BCUT2D eigenvalue weighted by atomic mass is 19.4. The Morgan fingerprint density at radius 2 is 1.81 bits per heavy atom. The van der Waals surface area contributed by atoms with Gasteiger partial charge in [-0.3, -0.25) is 4.79 Å². The average Bonchev–Trinajstić information content (AvgIpc) is 3.17. The van der Waals surface area contributed by atoms with E-state index >= 15 is 0 Å². The fourth-order valence-corrected chi connectivity index (χ4v) is 4.65. The normalized spacial score (nSPS) is 23.9. The van der Waals surface area contributed by atoms with Crippen molar-refractivity contribution < 1.29 is 41.4 Å². The number of phenols is 1. The number of rotatable bonds is 3. The number of amides is 1. The van der Waals surface area contributed by atoms with E-state index in [1.54, 1.807) is 0 Å². The molecule has 0 aliphatic heterocycles. The number of nitrogen functional groups attached to an aromatic ring is 1. The minimum Gasteiger partial charge on any atom is -0.505 e. The zero-order valence-electron chi connectivity index (χ0n) is 18.7. The Labute approximate surface area is 200 Å². The topological polar surface area (TPSA) is 113 Å². The predicted molar refractivity (Wildman–Crippen MR) is 115 cm³/mol. The van der Waals surface area contributed by atoms with Crippen LogP contribution in [-0.4, -0.2) is 37.7 Å². The molecule has 1 heterocycles. The van der Waals surface area contributed by atoms with Gasteiger partial charge in [0, 0.05) is 17.5 Å². The van der Waals surface area contributed by atoms with Crippen molar-refractivity contribution in [1.29, 1.82) is 0 Å². The number of benzene rings is 2. The second-order valence-corrected chi connectivity index (χ2v) is 8.66. The molecule has 0 saturated heterocycles. The number of nitrogens with zero attached hydrogens (tertiary/aromatic N) is 2. The molecule has 0 bridgehead atoms. The molecule has 1 amide bonds. The Kier molecular flexibility index (Phi) is 5.94. The molecule has 1 aliphatic carbocycles. The van der Waals surface area contributed by atoms with Gasteiger partial charge in [0.1, 0.15) is 22.9 Å². The molecule has 1 aromatic heterocycles. The molecule has 1 aliphatic rings. The number of carbonyl (C=O) groups is 1. The van der Waals surface area contributed by atoms with Crippen molar-refractivity contribution in [3.05, 3.63) is 70.7 Å². The number of anilines is 1. The van der Waals surface area contributed by atoms with E-state index in [1.807, 2.05) is 0 Å². The SMILES string of the molecule is CC1c2c(ccc(F)c2O)C(NC(=O)c2cnn(-c3ccc(F)cc3F)c2N)C(O)(C(F)(F)F)C1C. The molecule has 3 aromatic rings. The summed E-state index contributed by atoms with van der Waals surface area (Å²) in [5.41, 5.74) is 1.04. The number of aromatic nitrogens is 2. The Morgan fingerprint density at radius 3 is 2.42 bits per heavy atom. The second-order valence-electron chi connectivity index (χ2n) is 8.66. The third kappa shape index (κ3) is 3.65. The first kappa shape index (κ1) is 25.4. The first-order valence-electron chi connectivity index (χ1n) is 10.6. The Hall–Kier alpha value is -3.74. The van der Waals surface area contributed by atoms with Crippen LogP contribution in [0.5, 0.6) is 5.75 Å². The van der Waals surface area contributed by atoms with Crippen LogP contribution in [0.4, 0.5) is 32.2 Å². The average molecular weight is 514 g/mol.